The second-order valence-corrected chi connectivity index (χ2v) is 4.43. The molecule has 6 nitrogen and oxygen atoms in total. The summed E-state index contributed by atoms with van der Waals surface area (Å²) in [5.41, 5.74) is 0.848. The summed E-state index contributed by atoms with van der Waals surface area (Å²) in [4.78, 5) is 35.2. The summed E-state index contributed by atoms with van der Waals surface area (Å²) in [6.45, 7) is 0.117. The Morgan fingerprint density at radius 2 is 1.95 bits per heavy atom. The van der Waals surface area contributed by atoms with E-state index in [9.17, 15) is 14.4 Å². The first-order chi connectivity index (χ1) is 10.1. The molecule has 21 heavy (non-hydrogen) atoms. The lowest BCUT2D eigenvalue weighted by atomic mass is 10.1. The van der Waals surface area contributed by atoms with Crippen LogP contribution in [0.2, 0.25) is 0 Å². The van der Waals surface area contributed by atoms with Gasteiger partial charge in [0.1, 0.15) is 18.9 Å². The van der Waals surface area contributed by atoms with Crippen molar-refractivity contribution in [2.75, 3.05) is 14.2 Å². The Morgan fingerprint density at radius 3 is 2.52 bits per heavy atom. The van der Waals surface area contributed by atoms with E-state index < -0.39 is 18.1 Å². The summed E-state index contributed by atoms with van der Waals surface area (Å²) in [6.07, 6.45) is 0.403. The van der Waals surface area contributed by atoms with Crippen LogP contribution < -0.4 is 0 Å². The van der Waals surface area contributed by atoms with Gasteiger partial charge in [-0.2, -0.15) is 0 Å². The van der Waals surface area contributed by atoms with Crippen molar-refractivity contribution in [3.63, 3.8) is 0 Å². The number of hydrogen-bond donors (Lipinski definition) is 0. The predicted octanol–water partition coefficient (Wildman–Crippen LogP) is 1.78. The quantitative estimate of drug-likeness (QED) is 0.566. The van der Waals surface area contributed by atoms with Gasteiger partial charge in [-0.1, -0.05) is 30.3 Å². The van der Waals surface area contributed by atoms with Crippen molar-refractivity contribution in [1.82, 2.24) is 4.90 Å². The van der Waals surface area contributed by atoms with Gasteiger partial charge < -0.3 is 14.3 Å². The zero-order chi connectivity index (χ0) is 15.7. The van der Waals surface area contributed by atoms with Crippen LogP contribution >= 0.6 is 0 Å². The number of methoxy groups -OCH3 is 1. The third kappa shape index (κ3) is 5.25. The number of likely N-dealkylation sites (N-methyl/N-ethyl adjacent to an activating group) is 1. The Balaban J connectivity index is 2.66. The van der Waals surface area contributed by atoms with Crippen LogP contribution in [0.5, 0.6) is 0 Å². The maximum Gasteiger partial charge on any atom is 0.409 e. The highest BCUT2D eigenvalue weighted by Crippen LogP contribution is 2.10. The van der Waals surface area contributed by atoms with Crippen molar-refractivity contribution < 1.29 is 23.9 Å². The van der Waals surface area contributed by atoms with Crippen LogP contribution in [-0.4, -0.2) is 43.4 Å². The molecule has 1 aromatic rings. The lowest BCUT2D eigenvalue weighted by Gasteiger charge is -2.24. The summed E-state index contributed by atoms with van der Waals surface area (Å²) in [5, 5.41) is 0. The molecule has 1 aromatic carbocycles. The lowest BCUT2D eigenvalue weighted by molar-refractivity contribution is -0.150. The molecular formula is C15H19NO5. The van der Waals surface area contributed by atoms with Crippen molar-refractivity contribution in [3.8, 4) is 0 Å². The number of nitrogens with zero attached hydrogens (tertiary/aromatic N) is 1. The normalized spacial score (nSPS) is 11.3. The molecule has 0 saturated heterocycles. The number of amides is 1. The van der Waals surface area contributed by atoms with Crippen molar-refractivity contribution in [3.05, 3.63) is 35.9 Å². The smallest absolute Gasteiger partial charge is 0.409 e. The van der Waals surface area contributed by atoms with E-state index >= 15 is 0 Å². The highest BCUT2D eigenvalue weighted by atomic mass is 16.6. The number of hydrogen-bond acceptors (Lipinski definition) is 5. The maximum atomic E-state index is 12.1. The van der Waals surface area contributed by atoms with E-state index in [0.29, 0.717) is 6.29 Å². The molecule has 114 valence electrons. The number of carbonyl (C=O) groups excluding carboxylic acids is 3. The lowest BCUT2D eigenvalue weighted by Crippen LogP contribution is -2.43. The van der Waals surface area contributed by atoms with Crippen molar-refractivity contribution in [2.24, 2.45) is 0 Å². The van der Waals surface area contributed by atoms with Gasteiger partial charge in [0.2, 0.25) is 0 Å². The van der Waals surface area contributed by atoms with E-state index in [1.54, 1.807) is 0 Å². The van der Waals surface area contributed by atoms with Gasteiger partial charge in [-0.3, -0.25) is 4.90 Å². The summed E-state index contributed by atoms with van der Waals surface area (Å²) in [7, 11) is 2.66. The first-order valence-corrected chi connectivity index (χ1v) is 6.55. The fourth-order valence-electron chi connectivity index (χ4n) is 1.79. The molecule has 0 radical (unpaired) electrons. The first-order valence-electron chi connectivity index (χ1n) is 6.55. The Morgan fingerprint density at radius 1 is 1.29 bits per heavy atom. The van der Waals surface area contributed by atoms with Crippen molar-refractivity contribution >= 4 is 18.3 Å². The molecule has 0 spiro atoms. The van der Waals surface area contributed by atoms with Gasteiger partial charge in [-0.05, 0) is 12.0 Å². The van der Waals surface area contributed by atoms with E-state index in [2.05, 4.69) is 4.74 Å². The Bertz CT molecular complexity index is 474. The van der Waals surface area contributed by atoms with E-state index in [4.69, 9.17) is 4.74 Å². The monoisotopic (exact) mass is 293 g/mol. The first kappa shape index (κ1) is 16.7. The second kappa shape index (κ2) is 8.73. The number of rotatable bonds is 7. The zero-order valence-corrected chi connectivity index (χ0v) is 12.2. The van der Waals surface area contributed by atoms with Gasteiger partial charge in [0.15, 0.2) is 0 Å². The van der Waals surface area contributed by atoms with Gasteiger partial charge in [0.25, 0.3) is 0 Å². The minimum absolute atomic E-state index is 0.117. The SMILES string of the molecule is COC(=O)N(C)[C@@H](CCC=O)C(=O)OCc1ccccc1. The Labute approximate surface area is 123 Å². The molecular weight excluding hydrogens is 274 g/mol. The molecule has 0 unspecified atom stereocenters. The molecule has 0 aromatic heterocycles. The largest absolute Gasteiger partial charge is 0.459 e. The number of ether oxygens (including phenoxy) is 2. The van der Waals surface area contributed by atoms with Gasteiger partial charge >= 0.3 is 12.1 Å². The molecule has 0 aliphatic carbocycles. The molecule has 0 bridgehead atoms. The molecule has 0 fully saturated rings. The molecule has 1 rings (SSSR count). The molecule has 0 N–H and O–H groups in total. The minimum atomic E-state index is -0.841. The van der Waals surface area contributed by atoms with Crippen LogP contribution in [0.15, 0.2) is 30.3 Å². The third-order valence-corrected chi connectivity index (χ3v) is 2.98. The Hall–Kier alpha value is -2.37. The van der Waals surface area contributed by atoms with Gasteiger partial charge in [0.05, 0.1) is 7.11 Å². The molecule has 1 amide bonds. The van der Waals surface area contributed by atoms with Crippen LogP contribution in [-0.2, 0) is 25.7 Å². The molecule has 1 atom stereocenters. The average Bonchev–Trinajstić information content (AvgIpc) is 2.53. The van der Waals surface area contributed by atoms with E-state index in [1.165, 1.54) is 14.2 Å². The molecule has 0 aliphatic rings. The van der Waals surface area contributed by atoms with Crippen LogP contribution in [0.1, 0.15) is 18.4 Å². The fraction of sp³-hybridized carbons (Fsp3) is 0.400. The molecule has 0 aliphatic heterocycles. The molecule has 0 heterocycles. The number of benzene rings is 1. The standard InChI is InChI=1S/C15H19NO5/c1-16(15(19)20-2)13(9-6-10-17)14(18)21-11-12-7-4-3-5-8-12/h3-5,7-8,10,13H,6,9,11H2,1-2H3/t13-/m0/s1. The molecule has 0 saturated carbocycles. The van der Waals surface area contributed by atoms with Crippen LogP contribution in [0.25, 0.3) is 0 Å². The summed E-state index contributed by atoms with van der Waals surface area (Å²) >= 11 is 0. The second-order valence-electron chi connectivity index (χ2n) is 4.43. The van der Waals surface area contributed by atoms with E-state index in [0.717, 1.165) is 10.5 Å². The number of carbonyl (C=O) groups is 3. The van der Waals surface area contributed by atoms with Crippen molar-refractivity contribution in [2.45, 2.75) is 25.5 Å². The van der Waals surface area contributed by atoms with E-state index in [-0.39, 0.29) is 19.4 Å². The zero-order valence-electron chi connectivity index (χ0n) is 12.2. The van der Waals surface area contributed by atoms with Crippen LogP contribution in [0.4, 0.5) is 4.79 Å². The summed E-state index contributed by atoms with van der Waals surface area (Å²) in [5.74, 6) is -0.561. The number of esters is 1. The topological polar surface area (TPSA) is 72.9 Å². The highest BCUT2D eigenvalue weighted by molar-refractivity contribution is 5.81. The van der Waals surface area contributed by atoms with Crippen LogP contribution in [0.3, 0.4) is 0 Å². The Kier molecular flexibility index (Phi) is 6.94. The summed E-state index contributed by atoms with van der Waals surface area (Å²) in [6, 6.07) is 8.37. The van der Waals surface area contributed by atoms with E-state index in [1.807, 2.05) is 30.3 Å². The predicted molar refractivity (Wildman–Crippen MR) is 75.5 cm³/mol. The van der Waals surface area contributed by atoms with Gasteiger partial charge in [-0.25, -0.2) is 9.59 Å². The van der Waals surface area contributed by atoms with Gasteiger partial charge in [0, 0.05) is 13.5 Å². The number of aldehydes is 1. The third-order valence-electron chi connectivity index (χ3n) is 2.98. The fourth-order valence-corrected chi connectivity index (χ4v) is 1.79. The van der Waals surface area contributed by atoms with Gasteiger partial charge in [-0.15, -0.1) is 0 Å². The average molecular weight is 293 g/mol. The van der Waals surface area contributed by atoms with Crippen LogP contribution in [0, 0.1) is 0 Å². The van der Waals surface area contributed by atoms with Crippen molar-refractivity contribution in [1.29, 1.82) is 0 Å². The minimum Gasteiger partial charge on any atom is -0.459 e. The summed E-state index contributed by atoms with van der Waals surface area (Å²) < 4.78 is 9.78. The maximum absolute atomic E-state index is 12.1. The highest BCUT2D eigenvalue weighted by Gasteiger charge is 2.28. The molecule has 6 heteroatoms.